The molecule has 1 saturated heterocycles. The number of nitrogens with one attached hydrogen (secondary N) is 2. The first kappa shape index (κ1) is 18.5. The zero-order chi connectivity index (χ0) is 18.8. The summed E-state index contributed by atoms with van der Waals surface area (Å²) in [5, 5.41) is 3.52. The smallest absolute Gasteiger partial charge is 0.316 e. The van der Waals surface area contributed by atoms with Gasteiger partial charge in [0.2, 0.25) is 0 Å². The lowest BCUT2D eigenvalue weighted by Crippen LogP contribution is -2.42. The van der Waals surface area contributed by atoms with Gasteiger partial charge in [-0.1, -0.05) is 48.5 Å². The molecule has 0 bridgehead atoms. The van der Waals surface area contributed by atoms with E-state index >= 15 is 0 Å². The number of hydrogen-bond donors (Lipinski definition) is 2. The summed E-state index contributed by atoms with van der Waals surface area (Å²) in [7, 11) is 0. The van der Waals surface area contributed by atoms with Gasteiger partial charge in [-0.3, -0.25) is 4.57 Å². The van der Waals surface area contributed by atoms with Crippen LogP contribution in [0, 0.1) is 16.4 Å². The lowest BCUT2D eigenvalue weighted by molar-refractivity contribution is 0.246. The van der Waals surface area contributed by atoms with Crippen molar-refractivity contribution in [2.75, 3.05) is 13.1 Å². The number of benzene rings is 2. The molecule has 1 aromatic heterocycles. The summed E-state index contributed by atoms with van der Waals surface area (Å²) in [4.78, 5) is 16.0. The maximum atomic E-state index is 12.9. The Balaban J connectivity index is 1.69. The zero-order valence-corrected chi connectivity index (χ0v) is 17.6. The van der Waals surface area contributed by atoms with Crippen LogP contribution in [0.25, 0.3) is 11.3 Å². The van der Waals surface area contributed by atoms with Gasteiger partial charge in [0.25, 0.3) is 0 Å². The molecule has 0 amide bonds. The Labute approximate surface area is 173 Å². The minimum absolute atomic E-state index is 0.00557. The van der Waals surface area contributed by atoms with Crippen LogP contribution < -0.4 is 11.0 Å². The number of piperidine rings is 1. The van der Waals surface area contributed by atoms with Crippen LogP contribution in [0.3, 0.4) is 0 Å². The summed E-state index contributed by atoms with van der Waals surface area (Å²) in [6.07, 6.45) is 1.95. The Morgan fingerprint density at radius 1 is 1.11 bits per heavy atom. The van der Waals surface area contributed by atoms with Crippen molar-refractivity contribution in [3.63, 3.8) is 0 Å². The van der Waals surface area contributed by atoms with E-state index in [1.54, 1.807) is 0 Å². The molecule has 2 N–H and O–H groups in total. The van der Waals surface area contributed by atoms with Crippen molar-refractivity contribution < 1.29 is 0 Å². The van der Waals surface area contributed by atoms with Crippen LogP contribution in [0.1, 0.15) is 23.7 Å². The fourth-order valence-corrected chi connectivity index (χ4v) is 4.83. The van der Waals surface area contributed by atoms with Crippen molar-refractivity contribution in [2.24, 2.45) is 5.92 Å². The first-order valence-electron chi connectivity index (χ1n) is 9.46. The molecular formula is C22H24IN3O. The van der Waals surface area contributed by atoms with E-state index in [1.165, 1.54) is 9.13 Å². The highest BCUT2D eigenvalue weighted by atomic mass is 127. The van der Waals surface area contributed by atoms with E-state index in [0.29, 0.717) is 5.92 Å². The average Bonchev–Trinajstić information content (AvgIpc) is 2.99. The second-order valence-corrected chi connectivity index (χ2v) is 8.40. The summed E-state index contributed by atoms with van der Waals surface area (Å²) in [6.45, 7) is 3.95. The number of aromatic nitrogens is 2. The molecule has 140 valence electrons. The third-order valence-corrected chi connectivity index (χ3v) is 6.63. The molecule has 2 atom stereocenters. The van der Waals surface area contributed by atoms with E-state index in [1.807, 2.05) is 22.8 Å². The van der Waals surface area contributed by atoms with E-state index < -0.39 is 0 Å². The van der Waals surface area contributed by atoms with Crippen molar-refractivity contribution in [1.29, 1.82) is 0 Å². The van der Waals surface area contributed by atoms with E-state index in [-0.39, 0.29) is 11.7 Å². The molecule has 1 aliphatic heterocycles. The van der Waals surface area contributed by atoms with Gasteiger partial charge in [-0.2, -0.15) is 0 Å². The van der Waals surface area contributed by atoms with Crippen LogP contribution >= 0.6 is 22.6 Å². The highest BCUT2D eigenvalue weighted by Crippen LogP contribution is 2.31. The van der Waals surface area contributed by atoms with Crippen molar-refractivity contribution in [1.82, 2.24) is 14.9 Å². The molecule has 0 saturated carbocycles. The minimum atomic E-state index is 0.00557. The molecule has 1 fully saturated rings. The van der Waals surface area contributed by atoms with Crippen LogP contribution in [-0.4, -0.2) is 22.6 Å². The third kappa shape index (κ3) is 3.75. The van der Waals surface area contributed by atoms with E-state index in [2.05, 4.69) is 76.2 Å². The van der Waals surface area contributed by atoms with Crippen molar-refractivity contribution >= 4 is 22.6 Å². The largest absolute Gasteiger partial charge is 0.326 e. The van der Waals surface area contributed by atoms with Crippen LogP contribution in [0.4, 0.5) is 0 Å². The Morgan fingerprint density at radius 2 is 1.85 bits per heavy atom. The SMILES string of the molecule is Cc1c(-c2ccccc2)[nH]c(=O)n1C1CCNCC1Cc1ccccc1I. The molecule has 27 heavy (non-hydrogen) atoms. The molecule has 0 aliphatic carbocycles. The van der Waals surface area contributed by atoms with Crippen LogP contribution in [0.15, 0.2) is 59.4 Å². The predicted molar refractivity (Wildman–Crippen MR) is 118 cm³/mol. The summed E-state index contributed by atoms with van der Waals surface area (Å²) >= 11 is 2.41. The Kier molecular flexibility index (Phi) is 5.50. The zero-order valence-electron chi connectivity index (χ0n) is 15.4. The number of nitrogens with zero attached hydrogens (tertiary/aromatic N) is 1. The molecule has 2 heterocycles. The number of hydrogen-bond acceptors (Lipinski definition) is 2. The van der Waals surface area contributed by atoms with Gasteiger partial charge in [0.15, 0.2) is 0 Å². The van der Waals surface area contributed by atoms with Crippen LogP contribution in [0.2, 0.25) is 0 Å². The average molecular weight is 473 g/mol. The van der Waals surface area contributed by atoms with Crippen molar-refractivity contribution in [3.8, 4) is 11.3 Å². The maximum absolute atomic E-state index is 12.9. The number of halogens is 1. The molecule has 3 aromatic rings. The van der Waals surface area contributed by atoms with Crippen molar-refractivity contribution in [3.05, 3.63) is 79.9 Å². The van der Waals surface area contributed by atoms with E-state index in [9.17, 15) is 4.79 Å². The van der Waals surface area contributed by atoms with Gasteiger partial charge in [0.05, 0.1) is 5.69 Å². The molecule has 1 aliphatic rings. The summed E-state index contributed by atoms with van der Waals surface area (Å²) in [5.74, 6) is 0.394. The summed E-state index contributed by atoms with van der Waals surface area (Å²) in [6, 6.07) is 18.9. The topological polar surface area (TPSA) is 49.8 Å². The predicted octanol–water partition coefficient (Wildman–Crippen LogP) is 4.15. The van der Waals surface area contributed by atoms with Gasteiger partial charge in [-0.15, -0.1) is 0 Å². The number of imidazole rings is 1. The van der Waals surface area contributed by atoms with Gasteiger partial charge in [-0.05, 0) is 72.0 Å². The number of aromatic amines is 1. The second-order valence-electron chi connectivity index (χ2n) is 7.24. The molecule has 4 rings (SSSR count). The molecule has 0 radical (unpaired) electrons. The fraction of sp³-hybridized carbons (Fsp3) is 0.318. The molecule has 0 spiro atoms. The Bertz CT molecular complexity index is 977. The molecule has 5 heteroatoms. The maximum Gasteiger partial charge on any atom is 0.326 e. The van der Waals surface area contributed by atoms with Gasteiger partial charge in [0.1, 0.15) is 0 Å². The third-order valence-electron chi connectivity index (χ3n) is 5.58. The lowest BCUT2D eigenvalue weighted by atomic mass is 9.87. The Morgan fingerprint density at radius 3 is 2.63 bits per heavy atom. The van der Waals surface area contributed by atoms with Crippen molar-refractivity contribution in [2.45, 2.75) is 25.8 Å². The van der Waals surface area contributed by atoms with Gasteiger partial charge in [-0.25, -0.2) is 4.79 Å². The number of H-pyrrole nitrogens is 1. The molecular weight excluding hydrogens is 449 g/mol. The fourth-order valence-electron chi connectivity index (χ4n) is 4.22. The van der Waals surface area contributed by atoms with Crippen LogP contribution in [-0.2, 0) is 6.42 Å². The van der Waals surface area contributed by atoms with E-state index in [4.69, 9.17) is 0 Å². The standard InChI is InChI=1S/C22H24IN3O/c1-15-21(16-7-3-2-4-8-16)25-22(27)26(15)20-11-12-24-14-18(20)13-17-9-5-6-10-19(17)23/h2-10,18,20,24H,11-14H2,1H3,(H,25,27). The first-order chi connectivity index (χ1) is 13.1. The molecule has 4 nitrogen and oxygen atoms in total. The highest BCUT2D eigenvalue weighted by Gasteiger charge is 2.30. The lowest BCUT2D eigenvalue weighted by Gasteiger charge is -2.33. The van der Waals surface area contributed by atoms with Gasteiger partial charge in [0, 0.05) is 21.9 Å². The van der Waals surface area contributed by atoms with E-state index in [0.717, 1.165) is 42.9 Å². The Hall–Kier alpha value is -1.86. The number of rotatable bonds is 4. The minimum Gasteiger partial charge on any atom is -0.316 e. The van der Waals surface area contributed by atoms with Gasteiger partial charge < -0.3 is 10.3 Å². The second kappa shape index (κ2) is 8.02. The first-order valence-corrected chi connectivity index (χ1v) is 10.5. The molecule has 2 unspecified atom stereocenters. The quantitative estimate of drug-likeness (QED) is 0.560. The summed E-state index contributed by atoms with van der Waals surface area (Å²) < 4.78 is 3.30. The van der Waals surface area contributed by atoms with Crippen LogP contribution in [0.5, 0.6) is 0 Å². The van der Waals surface area contributed by atoms with Gasteiger partial charge >= 0.3 is 5.69 Å². The summed E-state index contributed by atoms with van der Waals surface area (Å²) in [5.41, 5.74) is 4.40. The monoisotopic (exact) mass is 473 g/mol. The normalized spacial score (nSPS) is 19.9. The highest BCUT2D eigenvalue weighted by molar-refractivity contribution is 14.1. The molecule has 2 aromatic carbocycles.